The summed E-state index contributed by atoms with van der Waals surface area (Å²) in [6.07, 6.45) is 0. The maximum Gasteiger partial charge on any atom is 2.00 e. The fraction of sp³-hybridized carbons (Fsp3) is 1.00. The average Bonchev–Trinajstić information content (AvgIpc) is 1.86. The van der Waals surface area contributed by atoms with Crippen molar-refractivity contribution in [1.82, 2.24) is 0 Å². The average molecular weight is 262 g/mol. The van der Waals surface area contributed by atoms with Gasteiger partial charge in [-0.2, -0.15) is 0 Å². The van der Waals surface area contributed by atoms with Crippen molar-refractivity contribution in [2.24, 2.45) is 10.8 Å². The summed E-state index contributed by atoms with van der Waals surface area (Å²) in [5.74, 6) is 0. The van der Waals surface area contributed by atoms with Crippen LogP contribution in [0.5, 0.6) is 0 Å². The summed E-state index contributed by atoms with van der Waals surface area (Å²) in [4.78, 5) is 0. The van der Waals surface area contributed by atoms with Gasteiger partial charge in [-0.15, -0.1) is 13.2 Å². The number of hydrogen-bond donors (Lipinski definition) is 0. The van der Waals surface area contributed by atoms with Crippen molar-refractivity contribution in [3.05, 3.63) is 0 Å². The normalized spacial score (nSPS) is 11.1. The molecule has 0 radical (unpaired) electrons. The molecule has 0 bridgehead atoms. The first kappa shape index (κ1) is 19.9. The minimum absolute atomic E-state index is 0. The van der Waals surface area contributed by atoms with Gasteiger partial charge in [0.2, 0.25) is 0 Å². The topological polar surface area (TPSA) is 46.1 Å². The van der Waals surface area contributed by atoms with Crippen LogP contribution in [-0.4, -0.2) is 58.7 Å². The van der Waals surface area contributed by atoms with E-state index in [0.29, 0.717) is 0 Å². The van der Waals surface area contributed by atoms with Gasteiger partial charge < -0.3 is 10.2 Å². The minimum atomic E-state index is -0.0139. The van der Waals surface area contributed by atoms with Gasteiger partial charge in [-0.25, -0.2) is 0 Å². The van der Waals surface area contributed by atoms with E-state index < -0.39 is 0 Å². The summed E-state index contributed by atoms with van der Waals surface area (Å²) >= 11 is 0. The van der Waals surface area contributed by atoms with Crippen LogP contribution >= 0.6 is 0 Å². The summed E-state index contributed by atoms with van der Waals surface area (Å²) in [6.45, 7) is 11.6. The second-order valence-electron chi connectivity index (χ2n) is 5.41. The zero-order valence-electron chi connectivity index (χ0n) is 9.94. The first-order chi connectivity index (χ1) is 5.12. The molecule has 2 nitrogen and oxygen atoms in total. The fourth-order valence-corrected chi connectivity index (χ4v) is 0. The van der Waals surface area contributed by atoms with Crippen molar-refractivity contribution in [3.63, 3.8) is 0 Å². The van der Waals surface area contributed by atoms with E-state index in [-0.39, 0.29) is 69.5 Å². The first-order valence-corrected chi connectivity index (χ1v) is 4.28. The number of rotatable bonds is 0. The Morgan fingerprint density at radius 3 is 0.769 bits per heavy atom. The van der Waals surface area contributed by atoms with Gasteiger partial charge in [0, 0.05) is 0 Å². The fourth-order valence-electron chi connectivity index (χ4n) is 0. The minimum Gasteiger partial charge on any atom is -0.854 e. The van der Waals surface area contributed by atoms with Crippen molar-refractivity contribution >= 4 is 45.5 Å². The molecule has 0 aromatic rings. The summed E-state index contributed by atoms with van der Waals surface area (Å²) < 4.78 is 0. The second kappa shape index (κ2) is 8.69. The van der Waals surface area contributed by atoms with E-state index in [4.69, 9.17) is 0 Å². The van der Waals surface area contributed by atoms with Crippen molar-refractivity contribution < 1.29 is 10.2 Å². The Labute approximate surface area is 120 Å². The first-order valence-electron chi connectivity index (χ1n) is 4.28. The zero-order chi connectivity index (χ0) is 10.4. The van der Waals surface area contributed by atoms with Crippen LogP contribution in [0, 0.1) is 10.8 Å². The molecule has 0 spiro atoms. The van der Waals surface area contributed by atoms with Crippen LogP contribution in [0.2, 0.25) is 0 Å². The zero-order valence-corrected chi connectivity index (χ0v) is 13.4. The summed E-state index contributed by atoms with van der Waals surface area (Å²) in [5, 5.41) is 19.9. The van der Waals surface area contributed by atoms with Gasteiger partial charge in [0.1, 0.15) is 0 Å². The van der Waals surface area contributed by atoms with E-state index in [1.165, 1.54) is 0 Å². The van der Waals surface area contributed by atoms with Crippen LogP contribution in [0.3, 0.4) is 0 Å². The molecule has 13 heavy (non-hydrogen) atoms. The van der Waals surface area contributed by atoms with Crippen LogP contribution < -0.4 is 10.2 Å². The molecule has 0 aliphatic rings. The van der Waals surface area contributed by atoms with E-state index >= 15 is 0 Å². The molecule has 3 heteroatoms. The van der Waals surface area contributed by atoms with Gasteiger partial charge in [0.15, 0.2) is 0 Å². The molecule has 0 amide bonds. The van der Waals surface area contributed by atoms with Crippen molar-refractivity contribution in [2.45, 2.75) is 41.5 Å². The Bertz CT molecular complexity index is 86.5. The van der Waals surface area contributed by atoms with Gasteiger partial charge in [-0.3, -0.25) is 0 Å². The third kappa shape index (κ3) is 31.8. The summed E-state index contributed by atoms with van der Waals surface area (Å²) in [5.41, 5.74) is -0.0278. The summed E-state index contributed by atoms with van der Waals surface area (Å²) in [6, 6.07) is 0. The molecule has 0 saturated heterocycles. The maximum absolute atomic E-state index is 9.95. The summed E-state index contributed by atoms with van der Waals surface area (Å²) in [7, 11) is 0. The van der Waals surface area contributed by atoms with Crippen LogP contribution in [0.4, 0.5) is 0 Å². The van der Waals surface area contributed by atoms with Gasteiger partial charge >= 0.3 is 45.5 Å². The van der Waals surface area contributed by atoms with Gasteiger partial charge in [-0.1, -0.05) is 52.4 Å². The monoisotopic (exact) mass is 262 g/mol. The van der Waals surface area contributed by atoms with E-state index in [9.17, 15) is 10.2 Å². The predicted molar refractivity (Wildman–Crippen MR) is 54.4 cm³/mol. The Hall–Kier alpha value is 1.40. The molecular weight excluding hydrogens is 240 g/mol. The van der Waals surface area contributed by atoms with E-state index in [2.05, 4.69) is 0 Å². The van der Waals surface area contributed by atoms with E-state index in [1.54, 1.807) is 0 Å². The van der Waals surface area contributed by atoms with Crippen LogP contribution in [0.1, 0.15) is 41.5 Å². The van der Waals surface area contributed by atoms with E-state index in [0.717, 1.165) is 0 Å². The molecule has 0 aliphatic heterocycles. The van der Waals surface area contributed by atoms with Crippen molar-refractivity contribution in [3.8, 4) is 0 Å². The van der Waals surface area contributed by atoms with Gasteiger partial charge in [0.05, 0.1) is 0 Å². The second-order valence-corrected chi connectivity index (χ2v) is 5.41. The molecule has 76 valence electrons. The molecule has 0 fully saturated rings. The predicted octanol–water partition coefficient (Wildman–Crippen LogP) is 0.405. The molecule has 0 atom stereocenters. The quantitative estimate of drug-likeness (QED) is 0.593. The number of hydrogen-bond acceptors (Lipinski definition) is 2. The molecular formula is C10H22O2Sr. The molecule has 0 heterocycles. The van der Waals surface area contributed by atoms with Crippen molar-refractivity contribution in [1.29, 1.82) is 0 Å². The molecule has 0 aliphatic carbocycles. The Morgan fingerprint density at radius 2 is 0.769 bits per heavy atom. The van der Waals surface area contributed by atoms with Crippen LogP contribution in [0.15, 0.2) is 0 Å². The Balaban J connectivity index is -0.000000143. The van der Waals surface area contributed by atoms with Crippen molar-refractivity contribution in [2.75, 3.05) is 13.2 Å². The maximum atomic E-state index is 9.95. The Kier molecular flexibility index (Phi) is 13.3. The molecule has 0 aromatic heterocycles. The standard InChI is InChI=1S/2C5H11O.Sr/c2*1-5(2,3)4-6;/h2*4H2,1-3H3;/q2*-1;+2. The molecule has 0 aromatic carbocycles. The Morgan fingerprint density at radius 1 is 0.692 bits per heavy atom. The third-order valence-electron chi connectivity index (χ3n) is 0.866. The largest absolute Gasteiger partial charge is 2.00 e. The van der Waals surface area contributed by atoms with Crippen LogP contribution in [-0.2, 0) is 0 Å². The van der Waals surface area contributed by atoms with E-state index in [1.807, 2.05) is 41.5 Å². The molecule has 0 unspecified atom stereocenters. The van der Waals surface area contributed by atoms with Crippen LogP contribution in [0.25, 0.3) is 0 Å². The third-order valence-corrected chi connectivity index (χ3v) is 0.866. The van der Waals surface area contributed by atoms with Gasteiger partial charge in [-0.05, 0) is 0 Å². The SMILES string of the molecule is CC(C)(C)C[O-].CC(C)(C)C[O-].[Sr+2]. The molecule has 0 N–H and O–H groups in total. The smallest absolute Gasteiger partial charge is 0.854 e. The molecule has 0 saturated carbocycles. The molecule has 0 rings (SSSR count). The van der Waals surface area contributed by atoms with Gasteiger partial charge in [0.25, 0.3) is 0 Å².